The van der Waals surface area contributed by atoms with Gasteiger partial charge in [0.2, 0.25) is 10.0 Å². The van der Waals surface area contributed by atoms with Crippen LogP contribution in [0.2, 0.25) is 10.0 Å². The number of carboxylic acid groups (broad SMARTS) is 1. The Labute approximate surface area is 133 Å². The molecule has 0 aliphatic carbocycles. The van der Waals surface area contributed by atoms with Crippen LogP contribution in [-0.2, 0) is 14.8 Å². The van der Waals surface area contributed by atoms with E-state index in [0.717, 1.165) is 0 Å². The zero-order valence-electron chi connectivity index (χ0n) is 11.3. The topological polar surface area (TPSA) is 74.7 Å². The Bertz CT molecular complexity index is 662. The Morgan fingerprint density at radius 2 is 2.05 bits per heavy atom. The number of hydrogen-bond donors (Lipinski definition) is 1. The molecule has 5 nitrogen and oxygen atoms in total. The predicted molar refractivity (Wildman–Crippen MR) is 80.2 cm³/mol. The number of benzene rings is 1. The number of halogens is 2. The maximum atomic E-state index is 12.7. The lowest BCUT2D eigenvalue weighted by Gasteiger charge is -2.36. The number of piperidine rings is 1. The van der Waals surface area contributed by atoms with Gasteiger partial charge in [-0.25, -0.2) is 8.42 Å². The highest BCUT2D eigenvalue weighted by atomic mass is 35.5. The highest BCUT2D eigenvalue weighted by molar-refractivity contribution is 7.89. The molecule has 1 fully saturated rings. The van der Waals surface area contributed by atoms with Gasteiger partial charge in [0.05, 0.1) is 10.9 Å². The first-order valence-electron chi connectivity index (χ1n) is 6.45. The van der Waals surface area contributed by atoms with Gasteiger partial charge in [-0.1, -0.05) is 23.2 Å². The summed E-state index contributed by atoms with van der Waals surface area (Å²) in [6.07, 6.45) is 0.963. The highest BCUT2D eigenvalue weighted by Gasteiger charge is 2.40. The smallest absolute Gasteiger partial charge is 0.308 e. The lowest BCUT2D eigenvalue weighted by molar-refractivity contribution is -0.144. The first-order chi connectivity index (χ1) is 9.75. The van der Waals surface area contributed by atoms with Crippen molar-refractivity contribution in [3.8, 4) is 0 Å². The van der Waals surface area contributed by atoms with Crippen LogP contribution in [0.3, 0.4) is 0 Å². The fourth-order valence-corrected chi connectivity index (χ4v) is 5.03. The van der Waals surface area contributed by atoms with Crippen molar-refractivity contribution in [1.82, 2.24) is 4.31 Å². The van der Waals surface area contributed by atoms with Gasteiger partial charge in [0.15, 0.2) is 0 Å². The zero-order chi connectivity index (χ0) is 15.8. The maximum Gasteiger partial charge on any atom is 0.308 e. The third-order valence-electron chi connectivity index (χ3n) is 3.73. The molecule has 2 rings (SSSR count). The molecule has 1 N–H and O–H groups in total. The summed E-state index contributed by atoms with van der Waals surface area (Å²) < 4.78 is 26.7. The number of sulfonamides is 1. The van der Waals surface area contributed by atoms with Gasteiger partial charge in [-0.2, -0.15) is 4.31 Å². The Balaban J connectivity index is 2.43. The summed E-state index contributed by atoms with van der Waals surface area (Å²) in [7, 11) is -3.88. The van der Waals surface area contributed by atoms with Crippen LogP contribution in [0, 0.1) is 5.92 Å². The lowest BCUT2D eigenvalue weighted by atomic mass is 9.92. The first-order valence-corrected chi connectivity index (χ1v) is 8.64. The molecule has 1 aromatic rings. The number of aliphatic carboxylic acids is 1. The van der Waals surface area contributed by atoms with Gasteiger partial charge >= 0.3 is 5.97 Å². The molecule has 0 aromatic heterocycles. The van der Waals surface area contributed by atoms with E-state index in [0.29, 0.717) is 12.8 Å². The Morgan fingerprint density at radius 1 is 1.38 bits per heavy atom. The average Bonchev–Trinajstić information content (AvgIpc) is 2.41. The second-order valence-corrected chi connectivity index (χ2v) is 7.72. The van der Waals surface area contributed by atoms with Gasteiger partial charge in [-0.05, 0) is 38.0 Å². The molecule has 116 valence electrons. The molecule has 0 spiro atoms. The van der Waals surface area contributed by atoms with Crippen LogP contribution >= 0.6 is 23.2 Å². The van der Waals surface area contributed by atoms with E-state index in [1.807, 2.05) is 0 Å². The standard InChI is InChI=1S/C13H15Cl2NO4S/c1-8-10(13(17)18)3-2-6-16(8)21(19,20)12-7-9(14)4-5-11(12)15/h4-5,7-8,10H,2-3,6H2,1H3,(H,17,18)/t8-,10-/m1/s1. The zero-order valence-corrected chi connectivity index (χ0v) is 13.6. The summed E-state index contributed by atoms with van der Waals surface area (Å²) in [5.41, 5.74) is 0. The van der Waals surface area contributed by atoms with E-state index in [1.54, 1.807) is 6.92 Å². The molecule has 1 heterocycles. The third kappa shape index (κ3) is 3.18. The second-order valence-electron chi connectivity index (χ2n) is 5.02. The predicted octanol–water partition coefficient (Wildman–Crippen LogP) is 2.87. The average molecular weight is 352 g/mol. The molecular weight excluding hydrogens is 337 g/mol. The minimum Gasteiger partial charge on any atom is -0.481 e. The quantitative estimate of drug-likeness (QED) is 0.908. The van der Waals surface area contributed by atoms with Crippen molar-refractivity contribution in [3.63, 3.8) is 0 Å². The molecule has 21 heavy (non-hydrogen) atoms. The number of hydrogen-bond acceptors (Lipinski definition) is 3. The summed E-state index contributed by atoms with van der Waals surface area (Å²) in [5, 5.41) is 9.53. The molecule has 0 bridgehead atoms. The number of nitrogens with zero attached hydrogens (tertiary/aromatic N) is 1. The van der Waals surface area contributed by atoms with Crippen molar-refractivity contribution in [3.05, 3.63) is 28.2 Å². The minimum atomic E-state index is -3.88. The van der Waals surface area contributed by atoms with E-state index in [2.05, 4.69) is 0 Å². The number of carbonyl (C=O) groups is 1. The fourth-order valence-electron chi connectivity index (χ4n) is 2.58. The molecule has 0 unspecified atom stereocenters. The largest absolute Gasteiger partial charge is 0.481 e. The van der Waals surface area contributed by atoms with Crippen molar-refractivity contribution in [2.24, 2.45) is 5.92 Å². The van der Waals surface area contributed by atoms with Crippen molar-refractivity contribution in [2.75, 3.05) is 6.54 Å². The molecule has 1 aliphatic rings. The summed E-state index contributed by atoms with van der Waals surface area (Å²) in [4.78, 5) is 11.1. The van der Waals surface area contributed by atoms with Crippen LogP contribution in [0.25, 0.3) is 0 Å². The number of rotatable bonds is 3. The van der Waals surface area contributed by atoms with Gasteiger partial charge in [0, 0.05) is 17.6 Å². The summed E-state index contributed by atoms with van der Waals surface area (Å²) >= 11 is 11.8. The molecule has 1 saturated heterocycles. The lowest BCUT2D eigenvalue weighted by Crippen LogP contribution is -2.49. The fraction of sp³-hybridized carbons (Fsp3) is 0.462. The van der Waals surface area contributed by atoms with Crippen LogP contribution in [0.15, 0.2) is 23.1 Å². The normalized spacial score (nSPS) is 24.0. The Morgan fingerprint density at radius 3 is 2.67 bits per heavy atom. The van der Waals surface area contributed by atoms with Crippen molar-refractivity contribution >= 4 is 39.2 Å². The summed E-state index contributed by atoms with van der Waals surface area (Å²) in [6, 6.07) is 3.58. The Hall–Kier alpha value is -0.820. The summed E-state index contributed by atoms with van der Waals surface area (Å²) in [5.74, 6) is -1.70. The molecule has 0 radical (unpaired) electrons. The van der Waals surface area contributed by atoms with E-state index in [9.17, 15) is 18.3 Å². The van der Waals surface area contributed by atoms with Crippen LogP contribution in [-0.4, -0.2) is 36.4 Å². The van der Waals surface area contributed by atoms with E-state index >= 15 is 0 Å². The first kappa shape index (κ1) is 16.5. The van der Waals surface area contributed by atoms with Gasteiger partial charge in [0.1, 0.15) is 4.90 Å². The second kappa shape index (κ2) is 6.12. The van der Waals surface area contributed by atoms with E-state index < -0.39 is 28.0 Å². The SMILES string of the molecule is C[C@@H]1[C@H](C(=O)O)CCCN1S(=O)(=O)c1cc(Cl)ccc1Cl. The van der Waals surface area contributed by atoms with E-state index in [1.165, 1.54) is 22.5 Å². The maximum absolute atomic E-state index is 12.7. The van der Waals surface area contributed by atoms with E-state index in [4.69, 9.17) is 23.2 Å². The molecule has 1 aliphatic heterocycles. The van der Waals surface area contributed by atoms with Gasteiger partial charge in [0.25, 0.3) is 0 Å². The van der Waals surface area contributed by atoms with Crippen molar-refractivity contribution < 1.29 is 18.3 Å². The molecule has 2 atom stereocenters. The van der Waals surface area contributed by atoms with Crippen LogP contribution in [0.5, 0.6) is 0 Å². The molecule has 8 heteroatoms. The highest BCUT2D eigenvalue weighted by Crippen LogP contribution is 2.33. The minimum absolute atomic E-state index is 0.0732. The molecule has 0 saturated carbocycles. The van der Waals surface area contributed by atoms with Crippen LogP contribution < -0.4 is 0 Å². The van der Waals surface area contributed by atoms with Gasteiger partial charge in [-0.3, -0.25) is 4.79 Å². The Kier molecular flexibility index (Phi) is 4.82. The monoisotopic (exact) mass is 351 g/mol. The molecular formula is C13H15Cl2NO4S. The molecule has 0 amide bonds. The van der Waals surface area contributed by atoms with Crippen LogP contribution in [0.1, 0.15) is 19.8 Å². The third-order valence-corrected chi connectivity index (χ3v) is 6.43. The van der Waals surface area contributed by atoms with Crippen LogP contribution in [0.4, 0.5) is 0 Å². The van der Waals surface area contributed by atoms with Gasteiger partial charge < -0.3 is 5.11 Å². The van der Waals surface area contributed by atoms with Crippen molar-refractivity contribution in [2.45, 2.75) is 30.7 Å². The van der Waals surface area contributed by atoms with E-state index in [-0.39, 0.29) is 21.5 Å². The summed E-state index contributed by atoms with van der Waals surface area (Å²) in [6.45, 7) is 1.88. The number of carboxylic acids is 1. The van der Waals surface area contributed by atoms with Gasteiger partial charge in [-0.15, -0.1) is 0 Å². The molecule has 1 aromatic carbocycles. The van der Waals surface area contributed by atoms with Crippen molar-refractivity contribution in [1.29, 1.82) is 0 Å².